The Morgan fingerprint density at radius 1 is 1.57 bits per heavy atom. The predicted octanol–water partition coefficient (Wildman–Crippen LogP) is -0.00820. The van der Waals surface area contributed by atoms with Crippen molar-refractivity contribution in [2.45, 2.75) is 26.4 Å². The number of aromatic nitrogens is 2. The van der Waals surface area contributed by atoms with Crippen LogP contribution >= 0.6 is 0 Å². The molecule has 0 aliphatic carbocycles. The maximum Gasteiger partial charge on any atom is 0.310 e. The molecule has 0 spiro atoms. The summed E-state index contributed by atoms with van der Waals surface area (Å²) in [4.78, 5) is 15.8. The Hall–Kier alpha value is -2.09. The van der Waals surface area contributed by atoms with Gasteiger partial charge in [-0.2, -0.15) is 5.10 Å². The lowest BCUT2D eigenvalue weighted by Gasteiger charge is -2.21. The molecule has 0 fully saturated rings. The second-order valence-electron chi connectivity index (χ2n) is 5.68. The van der Waals surface area contributed by atoms with E-state index in [0.717, 1.165) is 0 Å². The molecule has 23 heavy (non-hydrogen) atoms. The van der Waals surface area contributed by atoms with Gasteiger partial charge in [-0.25, -0.2) is 4.99 Å². The smallest absolute Gasteiger partial charge is 0.310 e. The van der Waals surface area contributed by atoms with Crippen LogP contribution in [-0.4, -0.2) is 53.6 Å². The second-order valence-corrected chi connectivity index (χ2v) is 5.68. The highest BCUT2D eigenvalue weighted by Gasteiger charge is 2.24. The Labute approximate surface area is 136 Å². The number of aliphatic imine (C=N–C) groups is 1. The van der Waals surface area contributed by atoms with Gasteiger partial charge >= 0.3 is 5.97 Å². The maximum atomic E-state index is 11.4. The van der Waals surface area contributed by atoms with Gasteiger partial charge in [0.25, 0.3) is 0 Å². The first kappa shape index (κ1) is 19.0. The first-order valence-electron chi connectivity index (χ1n) is 7.61. The average Bonchev–Trinajstić information content (AvgIpc) is 2.96. The lowest BCUT2D eigenvalue weighted by molar-refractivity contribution is -0.144. The van der Waals surface area contributed by atoms with E-state index in [9.17, 15) is 9.90 Å². The normalized spacial score (nSPS) is 15.7. The first-order valence-corrected chi connectivity index (χ1v) is 7.61. The highest BCUT2D eigenvalue weighted by atomic mass is 16.5. The fourth-order valence-electron chi connectivity index (χ4n) is 1.90. The molecule has 0 saturated heterocycles. The van der Waals surface area contributed by atoms with Gasteiger partial charge in [0.2, 0.25) is 0 Å². The molecule has 0 aliphatic rings. The van der Waals surface area contributed by atoms with Crippen LogP contribution in [0.3, 0.4) is 0 Å². The van der Waals surface area contributed by atoms with Crippen LogP contribution in [0.5, 0.6) is 0 Å². The molecule has 8 nitrogen and oxygen atoms in total. The van der Waals surface area contributed by atoms with E-state index in [0.29, 0.717) is 24.6 Å². The van der Waals surface area contributed by atoms with Gasteiger partial charge in [-0.05, 0) is 13.8 Å². The van der Waals surface area contributed by atoms with E-state index in [1.165, 1.54) is 7.11 Å². The van der Waals surface area contributed by atoms with Crippen molar-refractivity contribution >= 4 is 11.9 Å². The predicted molar refractivity (Wildman–Crippen MR) is 87.9 cm³/mol. The molecule has 3 N–H and O–H groups in total. The van der Waals surface area contributed by atoms with Crippen LogP contribution in [0, 0.1) is 5.92 Å². The van der Waals surface area contributed by atoms with E-state index in [-0.39, 0.29) is 18.4 Å². The number of methoxy groups -OCH3 is 1. The molecule has 1 rings (SSSR count). The SMILES string of the molecule is CCNC(=NCC(C)(O)c1cnn(C)c1)NCC(C)C(=O)OC. The summed E-state index contributed by atoms with van der Waals surface area (Å²) in [7, 11) is 3.16. The van der Waals surface area contributed by atoms with Crippen molar-refractivity contribution in [1.82, 2.24) is 20.4 Å². The minimum absolute atomic E-state index is 0.167. The minimum atomic E-state index is -1.12. The number of nitrogens with zero attached hydrogens (tertiary/aromatic N) is 3. The van der Waals surface area contributed by atoms with Crippen LogP contribution in [0.4, 0.5) is 0 Å². The Balaban J connectivity index is 2.69. The molecule has 0 aromatic carbocycles. The van der Waals surface area contributed by atoms with Gasteiger partial charge in [0, 0.05) is 31.9 Å². The van der Waals surface area contributed by atoms with Crippen LogP contribution in [0.1, 0.15) is 26.3 Å². The van der Waals surface area contributed by atoms with Crippen molar-refractivity contribution in [1.29, 1.82) is 0 Å². The highest BCUT2D eigenvalue weighted by Crippen LogP contribution is 2.19. The number of rotatable bonds is 7. The number of nitrogens with one attached hydrogen (secondary N) is 2. The molecule has 2 atom stereocenters. The topological polar surface area (TPSA) is 101 Å². The third-order valence-corrected chi connectivity index (χ3v) is 3.40. The Morgan fingerprint density at radius 3 is 2.78 bits per heavy atom. The standard InChI is InChI=1S/C15H27N5O3/c1-6-16-14(17-7-11(2)13(21)23-5)18-10-15(3,22)12-8-19-20(4)9-12/h8-9,11,22H,6-7,10H2,1-5H3,(H2,16,17,18). The van der Waals surface area contributed by atoms with Crippen molar-refractivity contribution in [2.75, 3.05) is 26.7 Å². The molecule has 2 unspecified atom stereocenters. The molecule has 0 aliphatic heterocycles. The number of aliphatic hydroxyl groups is 1. The molecule has 1 aromatic heterocycles. The first-order chi connectivity index (χ1) is 10.8. The summed E-state index contributed by atoms with van der Waals surface area (Å²) < 4.78 is 6.32. The molecule has 0 bridgehead atoms. The van der Waals surface area contributed by atoms with E-state index in [2.05, 4.69) is 20.7 Å². The Bertz CT molecular complexity index is 539. The number of hydrogen-bond donors (Lipinski definition) is 3. The zero-order valence-electron chi connectivity index (χ0n) is 14.5. The van der Waals surface area contributed by atoms with Crippen molar-refractivity contribution < 1.29 is 14.6 Å². The zero-order valence-corrected chi connectivity index (χ0v) is 14.5. The minimum Gasteiger partial charge on any atom is -0.469 e. The Kier molecular flexibility index (Phi) is 7.02. The van der Waals surface area contributed by atoms with Gasteiger partial charge in [-0.3, -0.25) is 9.48 Å². The van der Waals surface area contributed by atoms with Crippen LogP contribution in [0.25, 0.3) is 0 Å². The van der Waals surface area contributed by atoms with Crippen LogP contribution in [-0.2, 0) is 22.2 Å². The monoisotopic (exact) mass is 325 g/mol. The van der Waals surface area contributed by atoms with E-state index < -0.39 is 5.60 Å². The number of guanidine groups is 1. The van der Waals surface area contributed by atoms with Crippen LogP contribution < -0.4 is 10.6 Å². The molecule has 130 valence electrons. The van der Waals surface area contributed by atoms with Crippen molar-refractivity contribution in [3.8, 4) is 0 Å². The molecule has 0 saturated carbocycles. The molecular formula is C15H27N5O3. The summed E-state index contributed by atoms with van der Waals surface area (Å²) in [5.41, 5.74) is -0.424. The lowest BCUT2D eigenvalue weighted by atomic mass is 10.0. The summed E-state index contributed by atoms with van der Waals surface area (Å²) in [6, 6.07) is 0. The van der Waals surface area contributed by atoms with Gasteiger partial charge in [-0.15, -0.1) is 0 Å². The third-order valence-electron chi connectivity index (χ3n) is 3.40. The van der Waals surface area contributed by atoms with E-state index in [1.54, 1.807) is 38.0 Å². The fraction of sp³-hybridized carbons (Fsp3) is 0.667. The molecule has 1 heterocycles. The highest BCUT2D eigenvalue weighted by molar-refractivity contribution is 5.80. The van der Waals surface area contributed by atoms with Crippen molar-refractivity contribution in [3.05, 3.63) is 18.0 Å². The van der Waals surface area contributed by atoms with E-state index in [1.807, 2.05) is 6.92 Å². The van der Waals surface area contributed by atoms with Crippen molar-refractivity contribution in [2.24, 2.45) is 18.0 Å². The number of aryl methyl sites for hydroxylation is 1. The summed E-state index contributed by atoms with van der Waals surface area (Å²) in [6.45, 7) is 6.64. The lowest BCUT2D eigenvalue weighted by Crippen LogP contribution is -2.41. The quantitative estimate of drug-likeness (QED) is 0.370. The number of ether oxygens (including phenoxy) is 1. The van der Waals surface area contributed by atoms with Crippen LogP contribution in [0.15, 0.2) is 17.4 Å². The van der Waals surface area contributed by atoms with Gasteiger partial charge < -0.3 is 20.5 Å². The van der Waals surface area contributed by atoms with Gasteiger partial charge in [0.15, 0.2) is 5.96 Å². The van der Waals surface area contributed by atoms with Crippen molar-refractivity contribution in [3.63, 3.8) is 0 Å². The summed E-state index contributed by atoms with van der Waals surface area (Å²) in [5.74, 6) is -0.0363. The number of carbonyl (C=O) groups is 1. The summed E-state index contributed by atoms with van der Waals surface area (Å²) >= 11 is 0. The molecule has 1 aromatic rings. The molecule has 0 radical (unpaired) electrons. The number of carbonyl (C=O) groups excluding carboxylic acids is 1. The van der Waals surface area contributed by atoms with E-state index >= 15 is 0 Å². The summed E-state index contributed by atoms with van der Waals surface area (Å²) in [6.07, 6.45) is 3.38. The fourth-order valence-corrected chi connectivity index (χ4v) is 1.90. The summed E-state index contributed by atoms with van der Waals surface area (Å²) in [5, 5.41) is 20.7. The van der Waals surface area contributed by atoms with Gasteiger partial charge in [0.05, 0.1) is 25.8 Å². The molecular weight excluding hydrogens is 298 g/mol. The number of hydrogen-bond acceptors (Lipinski definition) is 5. The maximum absolute atomic E-state index is 11.4. The number of esters is 1. The molecule has 8 heteroatoms. The molecule has 0 amide bonds. The van der Waals surface area contributed by atoms with E-state index in [4.69, 9.17) is 4.74 Å². The average molecular weight is 325 g/mol. The van der Waals surface area contributed by atoms with Crippen LogP contribution in [0.2, 0.25) is 0 Å². The third kappa shape index (κ3) is 5.90. The van der Waals surface area contributed by atoms with Gasteiger partial charge in [0.1, 0.15) is 5.60 Å². The zero-order chi connectivity index (χ0) is 17.5. The second kappa shape index (κ2) is 8.52. The largest absolute Gasteiger partial charge is 0.469 e. The van der Waals surface area contributed by atoms with Gasteiger partial charge in [-0.1, -0.05) is 6.92 Å². The Morgan fingerprint density at radius 2 is 2.26 bits per heavy atom.